The van der Waals surface area contributed by atoms with Crippen LogP contribution in [-0.2, 0) is 11.3 Å². The van der Waals surface area contributed by atoms with E-state index in [-0.39, 0.29) is 0 Å². The van der Waals surface area contributed by atoms with Gasteiger partial charge in [0.25, 0.3) is 0 Å². The molecule has 0 spiro atoms. The fourth-order valence-corrected chi connectivity index (χ4v) is 3.62. The summed E-state index contributed by atoms with van der Waals surface area (Å²) >= 11 is 0. The number of benzene rings is 1. The van der Waals surface area contributed by atoms with Crippen molar-refractivity contribution in [2.24, 2.45) is 11.8 Å². The molecule has 1 saturated heterocycles. The fraction of sp³-hybridized carbons (Fsp3) is 0.556. The quantitative estimate of drug-likeness (QED) is 0.860. The van der Waals surface area contributed by atoms with Gasteiger partial charge in [-0.15, -0.1) is 0 Å². The van der Waals surface area contributed by atoms with Crippen LogP contribution in [0.15, 0.2) is 34.9 Å². The summed E-state index contributed by atoms with van der Waals surface area (Å²) in [5.74, 6) is 1.64. The lowest BCUT2D eigenvalue weighted by atomic mass is 9.76. The average molecular weight is 285 g/mol. The molecule has 1 aromatic heterocycles. The minimum Gasteiger partial charge on any atom is -0.464 e. The maximum atomic E-state index is 5.83. The van der Waals surface area contributed by atoms with E-state index in [2.05, 4.69) is 23.1 Å². The SMILES string of the molecule is c1cc2cc(CN3CCOCC(C4CCC4)C3)ccc2o1. The standard InChI is InChI=1S/C18H23NO2/c1-2-15(3-1)17-12-19(7-9-20-13-17)11-14-4-5-18-16(10-14)6-8-21-18/h4-6,8,10,15,17H,1-3,7,9,11-13H2. The molecule has 4 rings (SSSR count). The summed E-state index contributed by atoms with van der Waals surface area (Å²) < 4.78 is 11.3. The number of nitrogens with zero attached hydrogens (tertiary/aromatic N) is 1. The zero-order valence-electron chi connectivity index (χ0n) is 12.5. The van der Waals surface area contributed by atoms with Gasteiger partial charge in [-0.25, -0.2) is 0 Å². The van der Waals surface area contributed by atoms with Gasteiger partial charge < -0.3 is 9.15 Å². The molecule has 1 saturated carbocycles. The summed E-state index contributed by atoms with van der Waals surface area (Å²) in [6.45, 7) is 5.09. The molecule has 1 aliphatic heterocycles. The van der Waals surface area contributed by atoms with E-state index in [4.69, 9.17) is 9.15 Å². The Balaban J connectivity index is 1.46. The number of hydrogen-bond donors (Lipinski definition) is 0. The van der Waals surface area contributed by atoms with Crippen LogP contribution >= 0.6 is 0 Å². The molecule has 3 nitrogen and oxygen atoms in total. The van der Waals surface area contributed by atoms with Crippen LogP contribution in [-0.4, -0.2) is 31.2 Å². The number of fused-ring (bicyclic) bond motifs is 1. The first kappa shape index (κ1) is 13.4. The van der Waals surface area contributed by atoms with Gasteiger partial charge in [0, 0.05) is 25.0 Å². The van der Waals surface area contributed by atoms with Crippen molar-refractivity contribution in [2.75, 3.05) is 26.3 Å². The Morgan fingerprint density at radius 3 is 2.95 bits per heavy atom. The molecule has 0 amide bonds. The Kier molecular flexibility index (Phi) is 3.70. The van der Waals surface area contributed by atoms with Crippen molar-refractivity contribution in [1.29, 1.82) is 0 Å². The Labute approximate surface area is 125 Å². The molecule has 21 heavy (non-hydrogen) atoms. The second kappa shape index (κ2) is 5.82. The highest BCUT2D eigenvalue weighted by Gasteiger charge is 2.30. The van der Waals surface area contributed by atoms with E-state index < -0.39 is 0 Å². The molecule has 2 aromatic rings. The number of hydrogen-bond acceptors (Lipinski definition) is 3. The third-order valence-corrected chi connectivity index (χ3v) is 5.12. The van der Waals surface area contributed by atoms with Gasteiger partial charge >= 0.3 is 0 Å². The van der Waals surface area contributed by atoms with Crippen LogP contribution in [0, 0.1) is 11.8 Å². The Morgan fingerprint density at radius 2 is 2.10 bits per heavy atom. The van der Waals surface area contributed by atoms with Crippen molar-refractivity contribution in [1.82, 2.24) is 4.90 Å². The fourth-order valence-electron chi connectivity index (χ4n) is 3.62. The maximum absolute atomic E-state index is 5.83. The molecule has 0 bridgehead atoms. The first-order valence-corrected chi connectivity index (χ1v) is 8.15. The van der Waals surface area contributed by atoms with Crippen LogP contribution < -0.4 is 0 Å². The highest BCUT2D eigenvalue weighted by molar-refractivity contribution is 5.77. The Morgan fingerprint density at radius 1 is 1.14 bits per heavy atom. The molecule has 2 aliphatic rings. The van der Waals surface area contributed by atoms with Gasteiger partial charge in [-0.3, -0.25) is 4.90 Å². The molecule has 0 radical (unpaired) electrons. The molecular weight excluding hydrogens is 262 g/mol. The van der Waals surface area contributed by atoms with E-state index in [9.17, 15) is 0 Å². The molecule has 2 heterocycles. The zero-order chi connectivity index (χ0) is 14.1. The van der Waals surface area contributed by atoms with Crippen LogP contribution in [0.4, 0.5) is 0 Å². The average Bonchev–Trinajstić information content (AvgIpc) is 2.77. The van der Waals surface area contributed by atoms with Gasteiger partial charge in [-0.2, -0.15) is 0 Å². The van der Waals surface area contributed by atoms with E-state index in [0.717, 1.165) is 43.7 Å². The number of furan rings is 1. The minimum absolute atomic E-state index is 0.735. The monoisotopic (exact) mass is 285 g/mol. The predicted octanol–water partition coefficient (Wildman–Crippen LogP) is 3.68. The van der Waals surface area contributed by atoms with Crippen LogP contribution in [0.1, 0.15) is 24.8 Å². The Bertz CT molecular complexity index is 602. The predicted molar refractivity (Wildman–Crippen MR) is 83.1 cm³/mol. The largest absolute Gasteiger partial charge is 0.464 e. The minimum atomic E-state index is 0.735. The van der Waals surface area contributed by atoms with Crippen molar-refractivity contribution in [3.63, 3.8) is 0 Å². The van der Waals surface area contributed by atoms with E-state index in [1.54, 1.807) is 6.26 Å². The highest BCUT2D eigenvalue weighted by atomic mass is 16.5. The van der Waals surface area contributed by atoms with Crippen LogP contribution in [0.25, 0.3) is 11.0 Å². The smallest absolute Gasteiger partial charge is 0.133 e. The van der Waals surface area contributed by atoms with Gasteiger partial charge in [0.2, 0.25) is 0 Å². The van der Waals surface area contributed by atoms with E-state index in [0.29, 0.717) is 0 Å². The van der Waals surface area contributed by atoms with Gasteiger partial charge in [0.15, 0.2) is 0 Å². The van der Waals surface area contributed by atoms with Crippen LogP contribution in [0.5, 0.6) is 0 Å². The third kappa shape index (κ3) is 2.85. The number of rotatable bonds is 3. The van der Waals surface area contributed by atoms with Crippen LogP contribution in [0.3, 0.4) is 0 Å². The van der Waals surface area contributed by atoms with E-state index in [1.165, 1.54) is 36.8 Å². The number of ether oxygens (including phenoxy) is 1. The highest BCUT2D eigenvalue weighted by Crippen LogP contribution is 2.35. The van der Waals surface area contributed by atoms with Crippen molar-refractivity contribution in [3.8, 4) is 0 Å². The summed E-state index contributed by atoms with van der Waals surface area (Å²) in [6, 6.07) is 8.57. The van der Waals surface area contributed by atoms with E-state index in [1.807, 2.05) is 6.07 Å². The van der Waals surface area contributed by atoms with Crippen molar-refractivity contribution >= 4 is 11.0 Å². The molecule has 2 fully saturated rings. The molecule has 1 atom stereocenters. The topological polar surface area (TPSA) is 25.6 Å². The van der Waals surface area contributed by atoms with Gasteiger partial charge in [-0.1, -0.05) is 25.3 Å². The van der Waals surface area contributed by atoms with E-state index >= 15 is 0 Å². The zero-order valence-corrected chi connectivity index (χ0v) is 12.5. The van der Waals surface area contributed by atoms with Crippen molar-refractivity contribution < 1.29 is 9.15 Å². The molecule has 1 aromatic carbocycles. The summed E-state index contributed by atoms with van der Waals surface area (Å²) in [4.78, 5) is 2.57. The first-order valence-electron chi connectivity index (χ1n) is 8.15. The van der Waals surface area contributed by atoms with Crippen LogP contribution in [0.2, 0.25) is 0 Å². The van der Waals surface area contributed by atoms with Gasteiger partial charge in [0.05, 0.1) is 19.5 Å². The lowest BCUT2D eigenvalue weighted by Gasteiger charge is -2.35. The normalized spacial score (nSPS) is 24.9. The van der Waals surface area contributed by atoms with Crippen molar-refractivity contribution in [2.45, 2.75) is 25.8 Å². The Hall–Kier alpha value is -1.32. The molecule has 1 aliphatic carbocycles. The molecule has 3 heteroatoms. The molecule has 0 N–H and O–H groups in total. The maximum Gasteiger partial charge on any atom is 0.133 e. The summed E-state index contributed by atoms with van der Waals surface area (Å²) in [6.07, 6.45) is 5.99. The first-order chi connectivity index (χ1) is 10.4. The third-order valence-electron chi connectivity index (χ3n) is 5.12. The molecular formula is C18H23NO2. The summed E-state index contributed by atoms with van der Waals surface area (Å²) in [5, 5.41) is 1.20. The summed E-state index contributed by atoms with van der Waals surface area (Å²) in [5.41, 5.74) is 2.35. The second-order valence-electron chi connectivity index (χ2n) is 6.55. The van der Waals surface area contributed by atoms with Gasteiger partial charge in [-0.05, 0) is 35.6 Å². The second-order valence-corrected chi connectivity index (χ2v) is 6.55. The van der Waals surface area contributed by atoms with Crippen molar-refractivity contribution in [3.05, 3.63) is 36.1 Å². The molecule has 1 unspecified atom stereocenters. The van der Waals surface area contributed by atoms with Gasteiger partial charge in [0.1, 0.15) is 5.58 Å². The lowest BCUT2D eigenvalue weighted by molar-refractivity contribution is 0.0769. The summed E-state index contributed by atoms with van der Waals surface area (Å²) in [7, 11) is 0. The lowest BCUT2D eigenvalue weighted by Crippen LogP contribution is -2.35. The molecule has 112 valence electrons.